The molecular formula is C4H5NO2S. The Morgan fingerprint density at radius 3 is 2.62 bits per heavy atom. The van der Waals surface area contributed by atoms with Crippen LogP contribution in [-0.2, 0) is 4.79 Å². The molecule has 1 unspecified atom stereocenters. The van der Waals surface area contributed by atoms with Crippen molar-refractivity contribution < 1.29 is 9.90 Å². The van der Waals surface area contributed by atoms with Gasteiger partial charge in [-0.15, -0.1) is 0 Å². The van der Waals surface area contributed by atoms with E-state index in [1.165, 1.54) is 0 Å². The summed E-state index contributed by atoms with van der Waals surface area (Å²) in [7, 11) is 0. The molecule has 1 aliphatic heterocycles. The minimum atomic E-state index is -0.782. The van der Waals surface area contributed by atoms with Crippen LogP contribution in [0.3, 0.4) is 0 Å². The number of thioether (sulfide) groups is 1. The zero-order chi connectivity index (χ0) is 6.15. The van der Waals surface area contributed by atoms with Gasteiger partial charge >= 0.3 is 0 Å². The van der Waals surface area contributed by atoms with Gasteiger partial charge in [-0.1, -0.05) is 18.3 Å². The van der Waals surface area contributed by atoms with Gasteiger partial charge in [0.2, 0.25) is 0 Å². The monoisotopic (exact) mass is 131 g/mol. The van der Waals surface area contributed by atoms with E-state index in [2.05, 4.69) is 11.9 Å². The SMILES string of the molecule is C=C1SC(O)NC1=O. The smallest absolute Gasteiger partial charge is 0.259 e. The van der Waals surface area contributed by atoms with E-state index in [0.29, 0.717) is 4.91 Å². The standard InChI is InChI=1S/C4H5NO2S/c1-2-3(6)5-4(7)8-2/h4,7H,1H2,(H,5,6). The van der Waals surface area contributed by atoms with E-state index in [4.69, 9.17) is 5.11 Å². The Morgan fingerprint density at radius 2 is 2.50 bits per heavy atom. The third-order valence-electron chi connectivity index (χ3n) is 0.762. The number of aliphatic hydroxyl groups excluding tert-OH is 1. The van der Waals surface area contributed by atoms with Crippen LogP contribution in [0.2, 0.25) is 0 Å². The van der Waals surface area contributed by atoms with Crippen molar-refractivity contribution in [2.75, 3.05) is 0 Å². The molecule has 1 aliphatic rings. The van der Waals surface area contributed by atoms with Gasteiger partial charge in [0.25, 0.3) is 5.91 Å². The zero-order valence-electron chi connectivity index (χ0n) is 4.05. The Balaban J connectivity index is 2.64. The fourth-order valence-corrected chi connectivity index (χ4v) is 1.01. The molecule has 0 saturated carbocycles. The summed E-state index contributed by atoms with van der Waals surface area (Å²) in [5.74, 6) is -0.275. The molecule has 0 aromatic rings. The van der Waals surface area contributed by atoms with E-state index in [-0.39, 0.29) is 5.91 Å². The third-order valence-corrected chi connectivity index (χ3v) is 1.57. The van der Waals surface area contributed by atoms with Crippen molar-refractivity contribution in [3.05, 3.63) is 11.5 Å². The van der Waals surface area contributed by atoms with Crippen molar-refractivity contribution in [3.8, 4) is 0 Å². The second kappa shape index (κ2) is 1.80. The van der Waals surface area contributed by atoms with Crippen LogP contribution in [0.4, 0.5) is 0 Å². The highest BCUT2D eigenvalue weighted by molar-refractivity contribution is 8.04. The van der Waals surface area contributed by atoms with Crippen molar-refractivity contribution in [1.29, 1.82) is 0 Å². The number of nitrogens with one attached hydrogen (secondary N) is 1. The maximum absolute atomic E-state index is 10.4. The van der Waals surface area contributed by atoms with Gasteiger partial charge in [0.15, 0.2) is 5.56 Å². The van der Waals surface area contributed by atoms with Crippen LogP contribution < -0.4 is 5.32 Å². The molecule has 4 heteroatoms. The summed E-state index contributed by atoms with van der Waals surface area (Å²) in [5, 5.41) is 10.9. The molecule has 0 bridgehead atoms. The highest BCUT2D eigenvalue weighted by Crippen LogP contribution is 2.22. The predicted molar refractivity (Wildman–Crippen MR) is 30.9 cm³/mol. The normalized spacial score (nSPS) is 28.4. The van der Waals surface area contributed by atoms with Crippen LogP contribution in [0.5, 0.6) is 0 Å². The van der Waals surface area contributed by atoms with Gasteiger partial charge in [-0.2, -0.15) is 0 Å². The molecule has 1 atom stereocenters. The van der Waals surface area contributed by atoms with E-state index in [1.54, 1.807) is 0 Å². The van der Waals surface area contributed by atoms with Crippen molar-refractivity contribution >= 4 is 17.7 Å². The second-order valence-corrected chi connectivity index (χ2v) is 2.54. The molecule has 1 saturated heterocycles. The van der Waals surface area contributed by atoms with Crippen molar-refractivity contribution in [1.82, 2.24) is 5.32 Å². The summed E-state index contributed by atoms with van der Waals surface area (Å²) in [6.45, 7) is 3.38. The predicted octanol–water partition coefficient (Wildman–Crippen LogP) is -0.361. The molecule has 0 aromatic heterocycles. The maximum Gasteiger partial charge on any atom is 0.259 e. The molecule has 1 rings (SSSR count). The van der Waals surface area contributed by atoms with E-state index in [0.717, 1.165) is 11.8 Å². The van der Waals surface area contributed by atoms with E-state index in [1.807, 2.05) is 0 Å². The van der Waals surface area contributed by atoms with E-state index in [9.17, 15) is 4.79 Å². The lowest BCUT2D eigenvalue weighted by atomic mass is 10.6. The number of carbonyl (C=O) groups excluding carboxylic acids is 1. The van der Waals surface area contributed by atoms with Gasteiger partial charge < -0.3 is 10.4 Å². The van der Waals surface area contributed by atoms with Gasteiger partial charge in [-0.25, -0.2) is 0 Å². The number of rotatable bonds is 0. The fraction of sp³-hybridized carbons (Fsp3) is 0.250. The van der Waals surface area contributed by atoms with Crippen LogP contribution in [0.15, 0.2) is 11.5 Å². The molecule has 3 nitrogen and oxygen atoms in total. The summed E-state index contributed by atoms with van der Waals surface area (Å²) < 4.78 is 0. The molecule has 2 N–H and O–H groups in total. The molecule has 8 heavy (non-hydrogen) atoms. The van der Waals surface area contributed by atoms with Gasteiger partial charge in [-0.05, 0) is 0 Å². The lowest BCUT2D eigenvalue weighted by Gasteiger charge is -1.93. The van der Waals surface area contributed by atoms with Gasteiger partial charge in [0.1, 0.15) is 0 Å². The average molecular weight is 131 g/mol. The van der Waals surface area contributed by atoms with Gasteiger partial charge in [-0.3, -0.25) is 4.79 Å². The van der Waals surface area contributed by atoms with Crippen LogP contribution in [-0.4, -0.2) is 16.6 Å². The summed E-state index contributed by atoms with van der Waals surface area (Å²) >= 11 is 1.03. The summed E-state index contributed by atoms with van der Waals surface area (Å²) in [6, 6.07) is 0. The first-order valence-corrected chi connectivity index (χ1v) is 2.92. The highest BCUT2D eigenvalue weighted by atomic mass is 32.2. The number of hydrogen-bond acceptors (Lipinski definition) is 3. The molecule has 1 amide bonds. The summed E-state index contributed by atoms with van der Waals surface area (Å²) in [5.41, 5.74) is -0.782. The average Bonchev–Trinajstić information content (AvgIpc) is 1.85. The molecule has 0 aromatic carbocycles. The Hall–Kier alpha value is -0.480. The van der Waals surface area contributed by atoms with Crippen molar-refractivity contribution in [2.24, 2.45) is 0 Å². The fourth-order valence-electron chi connectivity index (χ4n) is 0.410. The number of carbonyl (C=O) groups is 1. The van der Waals surface area contributed by atoms with Crippen LogP contribution in [0.25, 0.3) is 0 Å². The Bertz CT molecular complexity index is 129. The lowest BCUT2D eigenvalue weighted by molar-refractivity contribution is -0.117. The van der Waals surface area contributed by atoms with Crippen molar-refractivity contribution in [2.45, 2.75) is 5.56 Å². The Kier molecular flexibility index (Phi) is 1.27. The van der Waals surface area contributed by atoms with E-state index < -0.39 is 5.56 Å². The van der Waals surface area contributed by atoms with Gasteiger partial charge in [0.05, 0.1) is 4.91 Å². The van der Waals surface area contributed by atoms with Gasteiger partial charge in [0, 0.05) is 0 Å². The summed E-state index contributed by atoms with van der Waals surface area (Å²) in [4.78, 5) is 10.8. The molecule has 1 fully saturated rings. The first kappa shape index (κ1) is 5.65. The summed E-state index contributed by atoms with van der Waals surface area (Å²) in [6.07, 6.45) is 0. The molecule has 0 spiro atoms. The van der Waals surface area contributed by atoms with E-state index >= 15 is 0 Å². The quantitative estimate of drug-likeness (QED) is 0.441. The molecule has 0 radical (unpaired) electrons. The molecule has 44 valence electrons. The first-order valence-electron chi connectivity index (χ1n) is 2.04. The second-order valence-electron chi connectivity index (χ2n) is 1.37. The Morgan fingerprint density at radius 1 is 1.88 bits per heavy atom. The number of amides is 1. The minimum Gasteiger partial charge on any atom is -0.364 e. The topological polar surface area (TPSA) is 49.3 Å². The lowest BCUT2D eigenvalue weighted by Crippen LogP contribution is -2.23. The van der Waals surface area contributed by atoms with Crippen molar-refractivity contribution in [3.63, 3.8) is 0 Å². The first-order chi connectivity index (χ1) is 3.70. The number of aliphatic hydroxyl groups is 1. The van der Waals surface area contributed by atoms with Crippen LogP contribution in [0, 0.1) is 0 Å². The zero-order valence-corrected chi connectivity index (χ0v) is 4.86. The number of hydrogen-bond donors (Lipinski definition) is 2. The maximum atomic E-state index is 10.4. The van der Waals surface area contributed by atoms with Crippen LogP contribution >= 0.6 is 11.8 Å². The Labute approximate surface area is 50.8 Å². The minimum absolute atomic E-state index is 0.275. The molecule has 1 heterocycles. The molecule has 0 aliphatic carbocycles. The molecular weight excluding hydrogens is 126 g/mol. The van der Waals surface area contributed by atoms with Crippen LogP contribution in [0.1, 0.15) is 0 Å². The highest BCUT2D eigenvalue weighted by Gasteiger charge is 2.22. The third kappa shape index (κ3) is 0.850. The largest absolute Gasteiger partial charge is 0.364 e.